The van der Waals surface area contributed by atoms with E-state index in [1.165, 1.54) is 78.4 Å². The third kappa shape index (κ3) is 3.94. The third-order valence-electron chi connectivity index (χ3n) is 11.7. The van der Waals surface area contributed by atoms with Crippen LogP contribution in [0.5, 0.6) is 0 Å². The van der Waals surface area contributed by atoms with Crippen LogP contribution in [0.2, 0.25) is 0 Å². The van der Waals surface area contributed by atoms with Crippen LogP contribution in [0.25, 0.3) is 33.4 Å². The molecule has 0 bridgehead atoms. The largest absolute Gasteiger partial charge is 0.421 e. The molecule has 0 saturated heterocycles. The van der Waals surface area contributed by atoms with E-state index < -0.39 is 0 Å². The summed E-state index contributed by atoms with van der Waals surface area (Å²) in [4.78, 5) is 10.3. The highest BCUT2D eigenvalue weighted by atomic mass is 15.3. The molecule has 250 valence electrons. The van der Waals surface area contributed by atoms with Gasteiger partial charge in [0, 0.05) is 62.2 Å². The average Bonchev–Trinajstić information content (AvgIpc) is 3.25. The van der Waals surface area contributed by atoms with Crippen molar-refractivity contribution in [2.75, 3.05) is 19.2 Å². The molecule has 8 aromatic rings. The van der Waals surface area contributed by atoms with E-state index >= 15 is 0 Å². The van der Waals surface area contributed by atoms with Crippen LogP contribution >= 0.6 is 0 Å². The highest BCUT2D eigenvalue weighted by Gasteiger charge is 2.55. The quantitative estimate of drug-likeness (QED) is 0.171. The molecule has 0 spiro atoms. The number of nitrogens with zero attached hydrogens (tertiary/aromatic N) is 4. The van der Waals surface area contributed by atoms with Gasteiger partial charge in [-0.05, 0) is 106 Å². The molecule has 0 saturated carbocycles. The third-order valence-corrected chi connectivity index (χ3v) is 11.7. The van der Waals surface area contributed by atoms with Crippen LogP contribution in [0.4, 0.5) is 45.5 Å². The maximum absolute atomic E-state index is 2.59. The number of benzene rings is 8. The smallest absolute Gasteiger partial charge is 0.361 e. The van der Waals surface area contributed by atoms with Gasteiger partial charge in [-0.3, -0.25) is 0 Å². The lowest BCUT2D eigenvalue weighted by molar-refractivity contribution is 1.23. The van der Waals surface area contributed by atoms with Crippen LogP contribution in [0, 0.1) is 0 Å². The standard InChI is InChI=1S/C48H32B2N4/c1-5-18-33(19-6-1)51-41-28-15-13-26-37(41)39-32-40-38-27-14-16-29-42(38)52(34-20-7-2-8-21-34)50-48(40)46-45-43(53(49(51)47(39)46)35-22-9-3-10-23-35)30-17-31-44(45)54(50)36-24-11-4-12-25-36/h1-32H. The van der Waals surface area contributed by atoms with Gasteiger partial charge in [0.1, 0.15) is 0 Å². The van der Waals surface area contributed by atoms with Gasteiger partial charge in [0.25, 0.3) is 0 Å². The second kappa shape index (κ2) is 11.3. The number of hydrogen-bond acceptors (Lipinski definition) is 4. The molecule has 4 aliphatic heterocycles. The van der Waals surface area contributed by atoms with Gasteiger partial charge in [-0.15, -0.1) is 0 Å². The van der Waals surface area contributed by atoms with Crippen molar-refractivity contribution in [3.05, 3.63) is 194 Å². The summed E-state index contributed by atoms with van der Waals surface area (Å²) < 4.78 is 0. The first kappa shape index (κ1) is 29.6. The molecule has 0 atom stereocenters. The lowest BCUT2D eigenvalue weighted by atomic mass is 9.45. The van der Waals surface area contributed by atoms with Gasteiger partial charge < -0.3 is 19.2 Å². The molecule has 54 heavy (non-hydrogen) atoms. The topological polar surface area (TPSA) is 13.0 Å². The van der Waals surface area contributed by atoms with Crippen LogP contribution in [0.1, 0.15) is 0 Å². The summed E-state index contributed by atoms with van der Waals surface area (Å²) in [5.41, 5.74) is 19.9. The van der Waals surface area contributed by atoms with Crippen LogP contribution in [-0.2, 0) is 0 Å². The SMILES string of the molecule is c1ccc(N2B3c4c(cc5c6c4-c4c(cccc4N(c4ccccc4)B6N(c4ccccc4)c4ccccc4-5)N3c3ccccc3)-c3ccccc32)cc1. The van der Waals surface area contributed by atoms with Crippen molar-refractivity contribution >= 4 is 70.4 Å². The highest BCUT2D eigenvalue weighted by molar-refractivity contribution is 6.91. The molecule has 0 N–H and O–H groups in total. The summed E-state index contributed by atoms with van der Waals surface area (Å²) in [7, 11) is 0. The molecular weight excluding hydrogens is 654 g/mol. The Balaban J connectivity index is 1.28. The summed E-state index contributed by atoms with van der Waals surface area (Å²) in [6.45, 7) is -0.289. The molecule has 4 aliphatic rings. The van der Waals surface area contributed by atoms with Crippen molar-refractivity contribution in [3.63, 3.8) is 0 Å². The molecule has 0 amide bonds. The number of hydrogen-bond donors (Lipinski definition) is 0. The van der Waals surface area contributed by atoms with Gasteiger partial charge in [0.15, 0.2) is 0 Å². The van der Waals surface area contributed by atoms with E-state index in [4.69, 9.17) is 0 Å². The molecule has 0 unspecified atom stereocenters. The highest BCUT2D eigenvalue weighted by Crippen LogP contribution is 2.56. The van der Waals surface area contributed by atoms with Gasteiger partial charge in [-0.1, -0.05) is 115 Å². The molecular formula is C48H32B2N4. The molecule has 12 rings (SSSR count). The van der Waals surface area contributed by atoms with E-state index in [1.54, 1.807) is 0 Å². The minimum absolute atomic E-state index is 0.144. The van der Waals surface area contributed by atoms with Gasteiger partial charge in [-0.2, -0.15) is 0 Å². The molecule has 8 aromatic carbocycles. The molecule has 0 fully saturated rings. The van der Waals surface area contributed by atoms with Crippen LogP contribution in [0.15, 0.2) is 194 Å². The van der Waals surface area contributed by atoms with Gasteiger partial charge in [-0.25, -0.2) is 0 Å². The fourth-order valence-corrected chi connectivity index (χ4v) is 9.72. The lowest BCUT2D eigenvalue weighted by Gasteiger charge is -2.54. The summed E-state index contributed by atoms with van der Waals surface area (Å²) in [6.07, 6.45) is 0. The zero-order valence-corrected chi connectivity index (χ0v) is 29.4. The van der Waals surface area contributed by atoms with Crippen LogP contribution in [-0.4, -0.2) is 14.0 Å². The van der Waals surface area contributed by atoms with Crippen molar-refractivity contribution in [3.8, 4) is 33.4 Å². The zero-order valence-electron chi connectivity index (χ0n) is 29.4. The Kier molecular flexibility index (Phi) is 6.20. The first-order chi connectivity index (χ1) is 26.9. The van der Waals surface area contributed by atoms with Crippen LogP contribution < -0.4 is 30.2 Å². The molecule has 0 radical (unpaired) electrons. The van der Waals surface area contributed by atoms with E-state index in [1.807, 2.05) is 0 Å². The second-order valence-electron chi connectivity index (χ2n) is 14.4. The van der Waals surface area contributed by atoms with Gasteiger partial charge in [0.2, 0.25) is 0 Å². The van der Waals surface area contributed by atoms with Crippen molar-refractivity contribution < 1.29 is 0 Å². The summed E-state index contributed by atoms with van der Waals surface area (Å²) in [5.74, 6) is 0. The first-order valence-corrected chi connectivity index (χ1v) is 18.8. The van der Waals surface area contributed by atoms with Crippen molar-refractivity contribution in [1.82, 2.24) is 0 Å². The van der Waals surface area contributed by atoms with E-state index in [9.17, 15) is 0 Å². The van der Waals surface area contributed by atoms with Gasteiger partial charge in [0.05, 0.1) is 0 Å². The molecule has 6 heteroatoms. The summed E-state index contributed by atoms with van der Waals surface area (Å²) in [5, 5.41) is 0. The maximum Gasteiger partial charge on any atom is 0.421 e. The molecule has 4 nitrogen and oxygen atoms in total. The normalized spacial score (nSPS) is 14.1. The summed E-state index contributed by atoms with van der Waals surface area (Å²) >= 11 is 0. The second-order valence-corrected chi connectivity index (χ2v) is 14.4. The Morgan fingerprint density at radius 2 is 0.574 bits per heavy atom. The summed E-state index contributed by atoms with van der Waals surface area (Å²) in [6, 6.07) is 71.3. The van der Waals surface area contributed by atoms with E-state index in [-0.39, 0.29) is 14.0 Å². The Hall–Kier alpha value is -6.91. The number of para-hydroxylation sites is 6. The Labute approximate surface area is 316 Å². The Morgan fingerprint density at radius 1 is 0.259 bits per heavy atom. The first-order valence-electron chi connectivity index (χ1n) is 18.8. The van der Waals surface area contributed by atoms with E-state index in [0.29, 0.717) is 0 Å². The van der Waals surface area contributed by atoms with E-state index in [0.717, 1.165) is 11.4 Å². The minimum atomic E-state index is -0.144. The molecule has 0 aromatic heterocycles. The van der Waals surface area contributed by atoms with Crippen molar-refractivity contribution in [2.24, 2.45) is 0 Å². The van der Waals surface area contributed by atoms with E-state index in [2.05, 4.69) is 213 Å². The monoisotopic (exact) mass is 686 g/mol. The minimum Gasteiger partial charge on any atom is -0.361 e. The molecule has 4 heterocycles. The zero-order chi connectivity index (χ0) is 35.3. The maximum atomic E-state index is 2.59. The number of anilines is 8. The van der Waals surface area contributed by atoms with Crippen molar-refractivity contribution in [2.45, 2.75) is 0 Å². The van der Waals surface area contributed by atoms with Crippen LogP contribution in [0.3, 0.4) is 0 Å². The Bertz CT molecular complexity index is 2580. The number of fused-ring (bicyclic) bond motifs is 4. The predicted octanol–water partition coefficient (Wildman–Crippen LogP) is 10.7. The Morgan fingerprint density at radius 3 is 0.963 bits per heavy atom. The van der Waals surface area contributed by atoms with Crippen molar-refractivity contribution in [1.29, 1.82) is 0 Å². The molecule has 0 aliphatic carbocycles. The average molecular weight is 686 g/mol. The fourth-order valence-electron chi connectivity index (χ4n) is 9.72. The lowest BCUT2D eigenvalue weighted by Crippen LogP contribution is -2.68. The predicted molar refractivity (Wildman–Crippen MR) is 228 cm³/mol. The van der Waals surface area contributed by atoms with Gasteiger partial charge >= 0.3 is 14.0 Å². The number of rotatable bonds is 4. The fraction of sp³-hybridized carbons (Fsp3) is 0.